The fourth-order valence-electron chi connectivity index (χ4n) is 2.08. The predicted octanol–water partition coefficient (Wildman–Crippen LogP) is 2.91. The molecule has 2 aromatic rings. The zero-order valence-corrected chi connectivity index (χ0v) is 12.1. The molecular weight excluding hydrogens is 264 g/mol. The topological polar surface area (TPSA) is 61.4 Å². The first kappa shape index (κ1) is 14.7. The summed E-state index contributed by atoms with van der Waals surface area (Å²) in [7, 11) is 0. The van der Waals surface area contributed by atoms with Crippen molar-refractivity contribution in [1.82, 2.24) is 10.9 Å². The third-order valence-electron chi connectivity index (χ3n) is 3.18. The van der Waals surface area contributed by atoms with Crippen molar-refractivity contribution in [2.24, 2.45) is 0 Å². The van der Waals surface area contributed by atoms with Crippen LogP contribution in [0.4, 0.5) is 0 Å². The molecule has 3 N–H and O–H groups in total. The minimum atomic E-state index is -0.418. The van der Waals surface area contributed by atoms with Crippen molar-refractivity contribution in [3.8, 4) is 5.75 Å². The summed E-state index contributed by atoms with van der Waals surface area (Å²) >= 11 is 0. The highest BCUT2D eigenvalue weighted by atomic mass is 16.3. The van der Waals surface area contributed by atoms with Gasteiger partial charge in [-0.2, -0.15) is 0 Å². The first-order valence-corrected chi connectivity index (χ1v) is 6.60. The number of amides is 1. The van der Waals surface area contributed by atoms with E-state index in [1.165, 1.54) is 11.6 Å². The van der Waals surface area contributed by atoms with E-state index in [0.29, 0.717) is 5.70 Å². The molecule has 0 aliphatic rings. The zero-order valence-electron chi connectivity index (χ0n) is 12.1. The molecule has 108 valence electrons. The molecule has 0 spiro atoms. The maximum atomic E-state index is 12.0. The normalized spacial score (nSPS) is 10.0. The average Bonchev–Trinajstić information content (AvgIpc) is 2.45. The molecule has 0 atom stereocenters. The molecule has 0 aromatic heterocycles. The van der Waals surface area contributed by atoms with Crippen LogP contribution in [0.2, 0.25) is 0 Å². The molecule has 1 amide bonds. The monoisotopic (exact) mass is 282 g/mol. The standard InChI is InChI=1S/C17H18N2O2/c1-11-8-9-14(12(2)10-11)13(3)18-19-17(21)15-6-4-5-7-16(15)20/h4-10,18,20H,3H2,1-2H3,(H,19,21). The molecule has 2 rings (SSSR count). The SMILES string of the molecule is C=C(NNC(=O)c1ccccc1O)c1ccc(C)cc1C. The van der Waals surface area contributed by atoms with E-state index in [2.05, 4.69) is 17.4 Å². The molecule has 0 radical (unpaired) electrons. The van der Waals surface area contributed by atoms with E-state index in [9.17, 15) is 9.90 Å². The van der Waals surface area contributed by atoms with Crippen molar-refractivity contribution in [1.29, 1.82) is 0 Å². The second-order valence-electron chi connectivity index (χ2n) is 4.89. The summed E-state index contributed by atoms with van der Waals surface area (Å²) < 4.78 is 0. The van der Waals surface area contributed by atoms with Gasteiger partial charge in [-0.1, -0.05) is 42.5 Å². The van der Waals surface area contributed by atoms with Gasteiger partial charge in [-0.05, 0) is 31.5 Å². The lowest BCUT2D eigenvalue weighted by molar-refractivity contribution is 0.0940. The van der Waals surface area contributed by atoms with Crippen LogP contribution in [0.15, 0.2) is 49.0 Å². The molecule has 4 heteroatoms. The van der Waals surface area contributed by atoms with Gasteiger partial charge in [0.15, 0.2) is 0 Å². The maximum absolute atomic E-state index is 12.0. The average molecular weight is 282 g/mol. The molecule has 0 aliphatic heterocycles. The van der Waals surface area contributed by atoms with E-state index in [1.54, 1.807) is 18.2 Å². The van der Waals surface area contributed by atoms with Crippen molar-refractivity contribution >= 4 is 11.6 Å². The van der Waals surface area contributed by atoms with Gasteiger partial charge in [-0.3, -0.25) is 15.6 Å². The summed E-state index contributed by atoms with van der Waals surface area (Å²) in [5.74, 6) is -0.479. The van der Waals surface area contributed by atoms with E-state index < -0.39 is 5.91 Å². The number of para-hydroxylation sites is 1. The molecule has 0 unspecified atom stereocenters. The Balaban J connectivity index is 2.04. The molecule has 21 heavy (non-hydrogen) atoms. The molecule has 4 nitrogen and oxygen atoms in total. The summed E-state index contributed by atoms with van der Waals surface area (Å²) in [5, 5.41) is 9.63. The Morgan fingerprint density at radius 1 is 1.05 bits per heavy atom. The highest BCUT2D eigenvalue weighted by Gasteiger charge is 2.10. The second kappa shape index (κ2) is 6.13. The van der Waals surface area contributed by atoms with Crippen LogP contribution in [0.3, 0.4) is 0 Å². The van der Waals surface area contributed by atoms with Crippen LogP contribution in [-0.2, 0) is 0 Å². The summed E-state index contributed by atoms with van der Waals surface area (Å²) in [6.45, 7) is 7.92. The lowest BCUT2D eigenvalue weighted by atomic mass is 10.0. The predicted molar refractivity (Wildman–Crippen MR) is 83.7 cm³/mol. The minimum Gasteiger partial charge on any atom is -0.507 e. The van der Waals surface area contributed by atoms with Crippen molar-refractivity contribution in [2.75, 3.05) is 0 Å². The number of carbonyl (C=O) groups is 1. The van der Waals surface area contributed by atoms with Gasteiger partial charge in [0.25, 0.3) is 5.91 Å². The number of phenolic OH excluding ortho intramolecular Hbond substituents is 1. The molecular formula is C17H18N2O2. The fraction of sp³-hybridized carbons (Fsp3) is 0.118. The smallest absolute Gasteiger partial charge is 0.273 e. The van der Waals surface area contributed by atoms with Gasteiger partial charge in [0, 0.05) is 5.56 Å². The van der Waals surface area contributed by atoms with Crippen LogP contribution in [0.1, 0.15) is 27.0 Å². The number of aryl methyl sites for hydroxylation is 2. The number of hydrogen-bond donors (Lipinski definition) is 3. The first-order chi connectivity index (χ1) is 9.99. The number of carbonyl (C=O) groups excluding carboxylic acids is 1. The van der Waals surface area contributed by atoms with Crippen LogP contribution in [0.25, 0.3) is 5.70 Å². The van der Waals surface area contributed by atoms with E-state index in [4.69, 9.17) is 0 Å². The third-order valence-corrected chi connectivity index (χ3v) is 3.18. The van der Waals surface area contributed by atoms with Gasteiger partial charge in [0.05, 0.1) is 11.3 Å². The molecule has 0 bridgehead atoms. The van der Waals surface area contributed by atoms with Crippen LogP contribution in [0.5, 0.6) is 5.75 Å². The number of hydrazine groups is 1. The summed E-state index contributed by atoms with van der Waals surface area (Å²) in [6, 6.07) is 12.3. The molecule has 0 fully saturated rings. The lowest BCUT2D eigenvalue weighted by Gasteiger charge is -2.14. The summed E-state index contributed by atoms with van der Waals surface area (Å²) in [6.07, 6.45) is 0. The molecule has 0 aliphatic carbocycles. The zero-order chi connectivity index (χ0) is 15.4. The van der Waals surface area contributed by atoms with Crippen LogP contribution in [0, 0.1) is 13.8 Å². The summed E-state index contributed by atoms with van der Waals surface area (Å²) in [5.41, 5.74) is 9.28. The van der Waals surface area contributed by atoms with Gasteiger partial charge in [-0.15, -0.1) is 0 Å². The Labute approximate surface area is 124 Å². The van der Waals surface area contributed by atoms with E-state index in [0.717, 1.165) is 11.1 Å². The van der Waals surface area contributed by atoms with Crippen LogP contribution >= 0.6 is 0 Å². The molecule has 0 saturated heterocycles. The van der Waals surface area contributed by atoms with Crippen molar-refractivity contribution in [3.63, 3.8) is 0 Å². The van der Waals surface area contributed by atoms with E-state index >= 15 is 0 Å². The van der Waals surface area contributed by atoms with Gasteiger partial charge >= 0.3 is 0 Å². The Kier molecular flexibility index (Phi) is 4.28. The van der Waals surface area contributed by atoms with Crippen molar-refractivity contribution < 1.29 is 9.90 Å². The fourth-order valence-corrected chi connectivity index (χ4v) is 2.08. The first-order valence-electron chi connectivity index (χ1n) is 6.60. The maximum Gasteiger partial charge on any atom is 0.273 e. The Hall–Kier alpha value is -2.75. The number of nitrogens with one attached hydrogen (secondary N) is 2. The van der Waals surface area contributed by atoms with Crippen molar-refractivity contribution in [2.45, 2.75) is 13.8 Å². The van der Waals surface area contributed by atoms with Gasteiger partial charge < -0.3 is 5.11 Å². The summed E-state index contributed by atoms with van der Waals surface area (Å²) in [4.78, 5) is 12.0. The number of rotatable bonds is 4. The van der Waals surface area contributed by atoms with Gasteiger partial charge in [-0.25, -0.2) is 0 Å². The van der Waals surface area contributed by atoms with Crippen LogP contribution < -0.4 is 10.9 Å². The van der Waals surface area contributed by atoms with Gasteiger partial charge in [0.1, 0.15) is 5.75 Å². The molecule has 0 saturated carbocycles. The van der Waals surface area contributed by atoms with Crippen molar-refractivity contribution in [3.05, 3.63) is 71.3 Å². The number of phenols is 1. The van der Waals surface area contributed by atoms with E-state index in [-0.39, 0.29) is 11.3 Å². The minimum absolute atomic E-state index is 0.0612. The number of hydrogen-bond acceptors (Lipinski definition) is 3. The van der Waals surface area contributed by atoms with E-state index in [1.807, 2.05) is 32.0 Å². The lowest BCUT2D eigenvalue weighted by Crippen LogP contribution is -2.36. The third kappa shape index (κ3) is 3.42. The quantitative estimate of drug-likeness (QED) is 0.756. The number of benzene rings is 2. The Bertz CT molecular complexity index is 693. The largest absolute Gasteiger partial charge is 0.507 e. The Morgan fingerprint density at radius 2 is 1.76 bits per heavy atom. The van der Waals surface area contributed by atoms with Gasteiger partial charge in [0.2, 0.25) is 0 Å². The van der Waals surface area contributed by atoms with Crippen LogP contribution in [-0.4, -0.2) is 11.0 Å². The highest BCUT2D eigenvalue weighted by Crippen LogP contribution is 2.17. The second-order valence-corrected chi connectivity index (χ2v) is 4.89. The number of aromatic hydroxyl groups is 1. The molecule has 2 aromatic carbocycles. The Morgan fingerprint density at radius 3 is 2.43 bits per heavy atom. The highest BCUT2D eigenvalue weighted by molar-refractivity contribution is 5.96. The molecule has 0 heterocycles.